The van der Waals surface area contributed by atoms with Gasteiger partial charge in [-0.15, -0.1) is 0 Å². The van der Waals surface area contributed by atoms with Crippen LogP contribution < -0.4 is 29.9 Å². The second-order valence-corrected chi connectivity index (χ2v) is 7.83. The standard InChI is InChI=1S/C23H30N4O4/c1-26-12-14-27(15-13-26)21(17-4-8-19(30-2)9-5-17)16-24-22(28)23(29)25-18-6-10-20(31-3)11-7-18/h4-11,21H,12-16H2,1-3H3,(H,24,28)(H,25,29)/p+2/t21-/m1/s1. The molecule has 0 spiro atoms. The van der Waals surface area contributed by atoms with E-state index in [4.69, 9.17) is 9.47 Å². The van der Waals surface area contributed by atoms with Gasteiger partial charge < -0.3 is 29.9 Å². The fourth-order valence-corrected chi connectivity index (χ4v) is 3.82. The summed E-state index contributed by atoms with van der Waals surface area (Å²) in [5.74, 6) is 0.148. The molecule has 0 bridgehead atoms. The van der Waals surface area contributed by atoms with Gasteiger partial charge in [0.05, 0.1) is 27.8 Å². The molecule has 2 aromatic carbocycles. The first-order valence-corrected chi connectivity index (χ1v) is 10.5. The lowest BCUT2D eigenvalue weighted by atomic mass is 10.0. The lowest BCUT2D eigenvalue weighted by molar-refractivity contribution is -1.02. The number of anilines is 1. The number of benzene rings is 2. The number of carbonyl (C=O) groups is 2. The van der Waals surface area contributed by atoms with Gasteiger partial charge >= 0.3 is 11.8 Å². The van der Waals surface area contributed by atoms with Crippen LogP contribution in [0.5, 0.6) is 11.5 Å². The summed E-state index contributed by atoms with van der Waals surface area (Å²) in [6, 6.07) is 14.8. The van der Waals surface area contributed by atoms with Gasteiger partial charge in [0, 0.05) is 11.3 Å². The Kier molecular flexibility index (Phi) is 7.86. The maximum Gasteiger partial charge on any atom is 0.313 e. The van der Waals surface area contributed by atoms with E-state index in [2.05, 4.69) is 17.7 Å². The molecule has 1 fully saturated rings. The zero-order chi connectivity index (χ0) is 22.2. The lowest BCUT2D eigenvalue weighted by Crippen LogP contribution is -3.27. The maximum absolute atomic E-state index is 12.5. The first-order valence-electron chi connectivity index (χ1n) is 10.5. The smallest absolute Gasteiger partial charge is 0.313 e. The number of hydrogen-bond acceptors (Lipinski definition) is 4. The molecule has 31 heavy (non-hydrogen) atoms. The van der Waals surface area contributed by atoms with Gasteiger partial charge in [0.2, 0.25) is 0 Å². The summed E-state index contributed by atoms with van der Waals surface area (Å²) in [4.78, 5) is 27.7. The van der Waals surface area contributed by atoms with Crippen molar-refractivity contribution in [3.63, 3.8) is 0 Å². The number of quaternary nitrogens is 2. The van der Waals surface area contributed by atoms with Crippen LogP contribution in [-0.4, -0.2) is 65.8 Å². The Morgan fingerprint density at radius 2 is 1.42 bits per heavy atom. The maximum atomic E-state index is 12.5. The van der Waals surface area contributed by atoms with Crippen LogP contribution in [0.25, 0.3) is 0 Å². The zero-order valence-electron chi connectivity index (χ0n) is 18.4. The number of nitrogens with one attached hydrogen (secondary N) is 4. The first kappa shape index (κ1) is 22.6. The predicted molar refractivity (Wildman–Crippen MR) is 118 cm³/mol. The van der Waals surface area contributed by atoms with Gasteiger partial charge in [-0.3, -0.25) is 9.59 Å². The van der Waals surface area contributed by atoms with Crippen molar-refractivity contribution >= 4 is 17.5 Å². The minimum absolute atomic E-state index is 0.0664. The largest absolute Gasteiger partial charge is 0.497 e. The molecule has 1 atom stereocenters. The van der Waals surface area contributed by atoms with E-state index in [1.807, 2.05) is 24.3 Å². The quantitative estimate of drug-likeness (QED) is 0.423. The fraction of sp³-hybridized carbons (Fsp3) is 0.391. The average Bonchev–Trinajstić information content (AvgIpc) is 2.81. The van der Waals surface area contributed by atoms with Crippen LogP contribution in [0.4, 0.5) is 5.69 Å². The zero-order valence-corrected chi connectivity index (χ0v) is 18.4. The monoisotopic (exact) mass is 428 g/mol. The highest BCUT2D eigenvalue weighted by molar-refractivity contribution is 6.39. The van der Waals surface area contributed by atoms with Crippen LogP contribution in [0, 0.1) is 0 Å². The Morgan fingerprint density at radius 1 is 0.871 bits per heavy atom. The number of carbonyl (C=O) groups excluding carboxylic acids is 2. The highest BCUT2D eigenvalue weighted by Gasteiger charge is 2.30. The lowest BCUT2D eigenvalue weighted by Gasteiger charge is -2.33. The van der Waals surface area contributed by atoms with E-state index in [1.165, 1.54) is 9.80 Å². The summed E-state index contributed by atoms with van der Waals surface area (Å²) in [6.45, 7) is 4.56. The van der Waals surface area contributed by atoms with Gasteiger partial charge in [-0.25, -0.2) is 0 Å². The van der Waals surface area contributed by atoms with Gasteiger partial charge in [-0.2, -0.15) is 0 Å². The van der Waals surface area contributed by atoms with Gasteiger partial charge in [0.25, 0.3) is 0 Å². The highest BCUT2D eigenvalue weighted by atomic mass is 16.5. The molecule has 2 amide bonds. The van der Waals surface area contributed by atoms with E-state index in [1.54, 1.807) is 38.5 Å². The van der Waals surface area contributed by atoms with Crippen molar-refractivity contribution in [3.05, 3.63) is 54.1 Å². The summed E-state index contributed by atoms with van der Waals surface area (Å²) >= 11 is 0. The van der Waals surface area contributed by atoms with Crippen molar-refractivity contribution in [2.24, 2.45) is 0 Å². The molecule has 1 aliphatic rings. The molecule has 1 saturated heterocycles. The molecule has 0 saturated carbocycles. The van der Waals surface area contributed by atoms with Crippen LogP contribution in [0.1, 0.15) is 11.6 Å². The minimum Gasteiger partial charge on any atom is -0.497 e. The topological polar surface area (TPSA) is 85.5 Å². The summed E-state index contributed by atoms with van der Waals surface area (Å²) < 4.78 is 10.4. The van der Waals surface area contributed by atoms with E-state index in [9.17, 15) is 9.59 Å². The second-order valence-electron chi connectivity index (χ2n) is 7.83. The number of piperazine rings is 1. The van der Waals surface area contributed by atoms with E-state index in [0.717, 1.165) is 37.5 Å². The number of hydrogen-bond donors (Lipinski definition) is 4. The van der Waals surface area contributed by atoms with Crippen LogP contribution in [0.3, 0.4) is 0 Å². The van der Waals surface area contributed by atoms with E-state index >= 15 is 0 Å². The van der Waals surface area contributed by atoms with Gasteiger partial charge in [-0.05, 0) is 48.5 Å². The van der Waals surface area contributed by atoms with Crippen molar-refractivity contribution in [2.75, 3.05) is 59.3 Å². The molecular formula is C23H32N4O4+2. The van der Waals surface area contributed by atoms with E-state index < -0.39 is 11.8 Å². The van der Waals surface area contributed by atoms with Crippen molar-refractivity contribution < 1.29 is 28.9 Å². The average molecular weight is 429 g/mol. The molecule has 3 rings (SSSR count). The molecule has 0 aromatic heterocycles. The van der Waals surface area contributed by atoms with Gasteiger partial charge in [0.1, 0.15) is 43.7 Å². The Labute approximate surface area is 183 Å². The number of ether oxygens (including phenoxy) is 2. The number of methoxy groups -OCH3 is 2. The van der Waals surface area contributed by atoms with Crippen molar-refractivity contribution in [1.29, 1.82) is 0 Å². The molecule has 0 aliphatic carbocycles. The minimum atomic E-state index is -0.684. The van der Waals surface area contributed by atoms with Crippen LogP contribution >= 0.6 is 0 Å². The molecule has 2 aromatic rings. The summed E-state index contributed by atoms with van der Waals surface area (Å²) in [6.07, 6.45) is 0. The van der Waals surface area contributed by atoms with E-state index in [0.29, 0.717) is 18.0 Å². The molecule has 166 valence electrons. The number of likely N-dealkylation sites (N-methyl/N-ethyl adjacent to an activating group) is 1. The predicted octanol–water partition coefficient (Wildman–Crippen LogP) is -1.09. The summed E-state index contributed by atoms with van der Waals surface area (Å²) in [5, 5.41) is 5.45. The van der Waals surface area contributed by atoms with Crippen molar-refractivity contribution in [2.45, 2.75) is 6.04 Å². The third-order valence-corrected chi connectivity index (χ3v) is 5.78. The van der Waals surface area contributed by atoms with Gasteiger partial charge in [-0.1, -0.05) is 0 Å². The normalized spacial score (nSPS) is 19.2. The van der Waals surface area contributed by atoms with E-state index in [-0.39, 0.29) is 6.04 Å². The summed E-state index contributed by atoms with van der Waals surface area (Å²) in [5.41, 5.74) is 1.66. The fourth-order valence-electron chi connectivity index (χ4n) is 3.82. The summed E-state index contributed by atoms with van der Waals surface area (Å²) in [7, 11) is 5.41. The molecular weight excluding hydrogens is 396 g/mol. The van der Waals surface area contributed by atoms with Crippen molar-refractivity contribution in [1.82, 2.24) is 5.32 Å². The molecule has 1 aliphatic heterocycles. The Balaban J connectivity index is 1.63. The third-order valence-electron chi connectivity index (χ3n) is 5.78. The Morgan fingerprint density at radius 3 is 1.97 bits per heavy atom. The molecule has 1 heterocycles. The highest BCUT2D eigenvalue weighted by Crippen LogP contribution is 2.16. The second kappa shape index (κ2) is 10.8. The Bertz CT molecular complexity index is 862. The van der Waals surface area contributed by atoms with Gasteiger partial charge in [0.15, 0.2) is 0 Å². The number of amides is 2. The Hall–Kier alpha value is -3.10. The first-order chi connectivity index (χ1) is 15.0. The van der Waals surface area contributed by atoms with Crippen LogP contribution in [-0.2, 0) is 9.59 Å². The molecule has 4 N–H and O–H groups in total. The molecule has 0 radical (unpaired) electrons. The SMILES string of the molecule is COc1ccc(NC(=O)C(=O)NC[C@H](c2ccc(OC)cc2)[NH+]2CC[NH+](C)CC2)cc1. The number of rotatable bonds is 7. The third kappa shape index (κ3) is 6.19. The molecule has 0 unspecified atom stereocenters. The molecule has 8 nitrogen and oxygen atoms in total. The van der Waals surface area contributed by atoms with Crippen molar-refractivity contribution in [3.8, 4) is 11.5 Å². The van der Waals surface area contributed by atoms with Crippen LogP contribution in [0.15, 0.2) is 48.5 Å². The molecule has 8 heteroatoms. The van der Waals surface area contributed by atoms with Crippen LogP contribution in [0.2, 0.25) is 0 Å².